The van der Waals surface area contributed by atoms with Gasteiger partial charge in [0.2, 0.25) is 0 Å². The Morgan fingerprint density at radius 2 is 2.12 bits per heavy atom. The van der Waals surface area contributed by atoms with Gasteiger partial charge in [0, 0.05) is 12.6 Å². The molecule has 0 amide bonds. The molecule has 92 valence electrons. The highest BCUT2D eigenvalue weighted by Gasteiger charge is 2.34. The third-order valence-corrected chi connectivity index (χ3v) is 3.87. The van der Waals surface area contributed by atoms with Gasteiger partial charge in [-0.3, -0.25) is 0 Å². The molecule has 2 rings (SSSR count). The minimum Gasteiger partial charge on any atom is -0.479 e. The SMILES string of the molecule is CC(C1CC1)N(C)CC1CCC(C(=O)O)O1. The van der Waals surface area contributed by atoms with Crippen LogP contribution >= 0.6 is 0 Å². The fourth-order valence-electron chi connectivity index (χ4n) is 2.45. The quantitative estimate of drug-likeness (QED) is 0.770. The number of carbonyl (C=O) groups is 1. The van der Waals surface area contributed by atoms with E-state index in [-0.39, 0.29) is 6.10 Å². The Morgan fingerprint density at radius 3 is 2.62 bits per heavy atom. The molecule has 1 N–H and O–H groups in total. The molecule has 0 aromatic rings. The van der Waals surface area contributed by atoms with Crippen LogP contribution in [0.1, 0.15) is 32.6 Å². The van der Waals surface area contributed by atoms with Gasteiger partial charge in [-0.2, -0.15) is 0 Å². The Labute approximate surface area is 96.6 Å². The van der Waals surface area contributed by atoms with Gasteiger partial charge in [-0.25, -0.2) is 4.79 Å². The van der Waals surface area contributed by atoms with E-state index in [0.29, 0.717) is 12.5 Å². The summed E-state index contributed by atoms with van der Waals surface area (Å²) < 4.78 is 5.50. The molecule has 1 saturated heterocycles. The van der Waals surface area contributed by atoms with E-state index in [9.17, 15) is 4.79 Å². The van der Waals surface area contributed by atoms with Crippen molar-refractivity contribution >= 4 is 5.97 Å². The Hall–Kier alpha value is -0.610. The second-order valence-corrected chi connectivity index (χ2v) is 5.18. The van der Waals surface area contributed by atoms with Crippen molar-refractivity contribution in [2.24, 2.45) is 5.92 Å². The molecule has 0 radical (unpaired) electrons. The van der Waals surface area contributed by atoms with Crippen LogP contribution in [-0.2, 0) is 9.53 Å². The Balaban J connectivity index is 1.75. The zero-order valence-corrected chi connectivity index (χ0v) is 10.1. The van der Waals surface area contributed by atoms with E-state index < -0.39 is 12.1 Å². The zero-order valence-electron chi connectivity index (χ0n) is 10.1. The normalized spacial score (nSPS) is 31.9. The molecule has 0 spiro atoms. The van der Waals surface area contributed by atoms with Crippen molar-refractivity contribution < 1.29 is 14.6 Å². The molecule has 3 unspecified atom stereocenters. The lowest BCUT2D eigenvalue weighted by atomic mass is 10.1. The topological polar surface area (TPSA) is 49.8 Å². The van der Waals surface area contributed by atoms with Gasteiger partial charge in [-0.15, -0.1) is 0 Å². The van der Waals surface area contributed by atoms with Crippen molar-refractivity contribution in [1.82, 2.24) is 4.90 Å². The van der Waals surface area contributed by atoms with Crippen LogP contribution < -0.4 is 0 Å². The summed E-state index contributed by atoms with van der Waals surface area (Å²) in [6.45, 7) is 3.11. The van der Waals surface area contributed by atoms with E-state index in [4.69, 9.17) is 9.84 Å². The van der Waals surface area contributed by atoms with Gasteiger partial charge in [-0.05, 0) is 45.6 Å². The van der Waals surface area contributed by atoms with Crippen LogP contribution in [0.15, 0.2) is 0 Å². The van der Waals surface area contributed by atoms with Gasteiger partial charge < -0.3 is 14.7 Å². The van der Waals surface area contributed by atoms with Crippen molar-refractivity contribution in [3.8, 4) is 0 Å². The molecule has 16 heavy (non-hydrogen) atoms. The minimum absolute atomic E-state index is 0.104. The Kier molecular flexibility index (Phi) is 3.50. The highest BCUT2D eigenvalue weighted by molar-refractivity contribution is 5.72. The fraction of sp³-hybridized carbons (Fsp3) is 0.917. The van der Waals surface area contributed by atoms with Crippen LogP contribution in [0.5, 0.6) is 0 Å². The predicted molar refractivity (Wildman–Crippen MR) is 60.3 cm³/mol. The number of hydrogen-bond acceptors (Lipinski definition) is 3. The van der Waals surface area contributed by atoms with E-state index in [1.54, 1.807) is 0 Å². The van der Waals surface area contributed by atoms with Crippen LogP contribution in [0, 0.1) is 5.92 Å². The number of carboxylic acid groups (broad SMARTS) is 1. The number of hydrogen-bond donors (Lipinski definition) is 1. The summed E-state index contributed by atoms with van der Waals surface area (Å²) in [6, 6.07) is 0.604. The second-order valence-electron chi connectivity index (χ2n) is 5.18. The molecule has 4 heteroatoms. The van der Waals surface area contributed by atoms with E-state index in [2.05, 4.69) is 18.9 Å². The van der Waals surface area contributed by atoms with E-state index in [1.165, 1.54) is 12.8 Å². The van der Waals surface area contributed by atoms with Crippen LogP contribution in [0.4, 0.5) is 0 Å². The smallest absolute Gasteiger partial charge is 0.332 e. The van der Waals surface area contributed by atoms with Gasteiger partial charge in [0.15, 0.2) is 6.10 Å². The van der Waals surface area contributed by atoms with Crippen LogP contribution in [-0.4, -0.2) is 47.8 Å². The first-order chi connectivity index (χ1) is 7.58. The van der Waals surface area contributed by atoms with Gasteiger partial charge >= 0.3 is 5.97 Å². The van der Waals surface area contributed by atoms with Crippen molar-refractivity contribution in [2.45, 2.75) is 50.9 Å². The molecule has 3 atom stereocenters. The summed E-state index contributed by atoms with van der Waals surface area (Å²) in [7, 11) is 2.11. The number of carboxylic acids is 1. The fourth-order valence-corrected chi connectivity index (χ4v) is 2.45. The maximum Gasteiger partial charge on any atom is 0.332 e. The first-order valence-electron chi connectivity index (χ1n) is 6.16. The molecule has 0 aromatic heterocycles. The molecule has 4 nitrogen and oxygen atoms in total. The van der Waals surface area contributed by atoms with Crippen LogP contribution in [0.3, 0.4) is 0 Å². The molecule has 2 aliphatic rings. The summed E-state index contributed by atoms with van der Waals surface area (Å²) in [5, 5.41) is 8.83. The van der Waals surface area contributed by atoms with Gasteiger partial charge in [0.05, 0.1) is 6.10 Å². The second kappa shape index (κ2) is 4.72. The number of aliphatic carboxylic acids is 1. The maximum absolute atomic E-state index is 10.7. The average Bonchev–Trinajstić information content (AvgIpc) is 2.97. The molecular formula is C12H21NO3. The first kappa shape index (κ1) is 11.9. The third-order valence-electron chi connectivity index (χ3n) is 3.87. The summed E-state index contributed by atoms with van der Waals surface area (Å²) in [5.74, 6) is 0.0297. The lowest BCUT2D eigenvalue weighted by molar-refractivity contribution is -0.149. The summed E-state index contributed by atoms with van der Waals surface area (Å²) in [5.41, 5.74) is 0. The van der Waals surface area contributed by atoms with Gasteiger partial charge in [0.25, 0.3) is 0 Å². The third kappa shape index (κ3) is 2.74. The van der Waals surface area contributed by atoms with Crippen molar-refractivity contribution in [1.29, 1.82) is 0 Å². The van der Waals surface area contributed by atoms with Gasteiger partial charge in [0.1, 0.15) is 0 Å². The highest BCUT2D eigenvalue weighted by Crippen LogP contribution is 2.35. The average molecular weight is 227 g/mol. The van der Waals surface area contributed by atoms with Crippen LogP contribution in [0.25, 0.3) is 0 Å². The molecule has 1 aliphatic carbocycles. The number of ether oxygens (including phenoxy) is 1. The lowest BCUT2D eigenvalue weighted by Crippen LogP contribution is -2.37. The summed E-state index contributed by atoms with van der Waals surface area (Å²) >= 11 is 0. The Morgan fingerprint density at radius 1 is 1.44 bits per heavy atom. The standard InChI is InChI=1S/C12H21NO3/c1-8(9-3-4-9)13(2)7-10-5-6-11(16-10)12(14)15/h8-11H,3-7H2,1-2H3,(H,14,15). The number of rotatable bonds is 5. The summed E-state index contributed by atoms with van der Waals surface area (Å²) in [6.07, 6.45) is 3.75. The molecule has 0 aromatic carbocycles. The van der Waals surface area contributed by atoms with E-state index >= 15 is 0 Å². The zero-order chi connectivity index (χ0) is 11.7. The van der Waals surface area contributed by atoms with Crippen LogP contribution in [0.2, 0.25) is 0 Å². The molecule has 2 fully saturated rings. The maximum atomic E-state index is 10.7. The number of likely N-dealkylation sites (N-methyl/N-ethyl adjacent to an activating group) is 1. The molecule has 1 aliphatic heterocycles. The largest absolute Gasteiger partial charge is 0.479 e. The molecular weight excluding hydrogens is 206 g/mol. The van der Waals surface area contributed by atoms with Gasteiger partial charge in [-0.1, -0.05) is 0 Å². The first-order valence-corrected chi connectivity index (χ1v) is 6.16. The van der Waals surface area contributed by atoms with E-state index in [0.717, 1.165) is 18.9 Å². The van der Waals surface area contributed by atoms with E-state index in [1.807, 2.05) is 0 Å². The molecule has 1 saturated carbocycles. The predicted octanol–water partition coefficient (Wildman–Crippen LogP) is 1.35. The highest BCUT2D eigenvalue weighted by atomic mass is 16.5. The molecule has 0 bridgehead atoms. The minimum atomic E-state index is -0.819. The summed E-state index contributed by atoms with van der Waals surface area (Å²) in [4.78, 5) is 13.1. The van der Waals surface area contributed by atoms with Crippen molar-refractivity contribution in [3.05, 3.63) is 0 Å². The number of nitrogens with zero attached hydrogens (tertiary/aromatic N) is 1. The monoisotopic (exact) mass is 227 g/mol. The molecule has 1 heterocycles. The Bertz CT molecular complexity index is 265. The van der Waals surface area contributed by atoms with Crippen molar-refractivity contribution in [2.75, 3.05) is 13.6 Å². The van der Waals surface area contributed by atoms with Crippen molar-refractivity contribution in [3.63, 3.8) is 0 Å². The lowest BCUT2D eigenvalue weighted by Gasteiger charge is -2.27.